The maximum atomic E-state index is 12.4. The molecule has 5 nitrogen and oxygen atoms in total. The molecule has 6 heteroatoms. The standard InChI is InChI=1S/C12H21N3O2S/c1-3-15-9-12(6-11(15)7-13)18(16,17)14(2)8-10-4-5-10/h6,9-10H,3-5,7-8,13H2,1-2H3. The Labute approximate surface area is 109 Å². The van der Waals surface area contributed by atoms with E-state index in [-0.39, 0.29) is 0 Å². The summed E-state index contributed by atoms with van der Waals surface area (Å²) in [4.78, 5) is 0.355. The summed E-state index contributed by atoms with van der Waals surface area (Å²) in [5.41, 5.74) is 6.48. The molecule has 2 N–H and O–H groups in total. The van der Waals surface area contributed by atoms with E-state index in [2.05, 4.69) is 0 Å². The summed E-state index contributed by atoms with van der Waals surface area (Å²) in [5, 5.41) is 0. The predicted molar refractivity (Wildman–Crippen MR) is 70.5 cm³/mol. The van der Waals surface area contributed by atoms with Crippen molar-refractivity contribution in [1.29, 1.82) is 0 Å². The van der Waals surface area contributed by atoms with Crippen LogP contribution < -0.4 is 5.73 Å². The fraction of sp³-hybridized carbons (Fsp3) is 0.667. The lowest BCUT2D eigenvalue weighted by atomic mass is 10.4. The van der Waals surface area contributed by atoms with Gasteiger partial charge in [-0.05, 0) is 31.7 Å². The Morgan fingerprint density at radius 2 is 2.17 bits per heavy atom. The van der Waals surface area contributed by atoms with Crippen molar-refractivity contribution in [2.75, 3.05) is 13.6 Å². The molecule has 0 spiro atoms. The topological polar surface area (TPSA) is 68.3 Å². The van der Waals surface area contributed by atoms with E-state index in [9.17, 15) is 8.42 Å². The first kappa shape index (κ1) is 13.6. The zero-order valence-corrected chi connectivity index (χ0v) is 11.8. The van der Waals surface area contributed by atoms with Crippen molar-refractivity contribution >= 4 is 10.0 Å². The van der Waals surface area contributed by atoms with Crippen LogP contribution in [0, 0.1) is 5.92 Å². The van der Waals surface area contributed by atoms with Gasteiger partial charge in [0.1, 0.15) is 4.90 Å². The minimum Gasteiger partial charge on any atom is -0.349 e. The second-order valence-electron chi connectivity index (χ2n) is 4.89. The van der Waals surface area contributed by atoms with Crippen LogP contribution in [-0.2, 0) is 23.1 Å². The number of hydrogen-bond donors (Lipinski definition) is 1. The number of nitrogens with zero attached hydrogens (tertiary/aromatic N) is 2. The molecule has 0 bridgehead atoms. The number of sulfonamides is 1. The van der Waals surface area contributed by atoms with Gasteiger partial charge in [-0.3, -0.25) is 0 Å². The monoisotopic (exact) mass is 271 g/mol. The van der Waals surface area contributed by atoms with Crippen molar-refractivity contribution in [3.63, 3.8) is 0 Å². The van der Waals surface area contributed by atoms with Gasteiger partial charge in [0.25, 0.3) is 0 Å². The van der Waals surface area contributed by atoms with Gasteiger partial charge in [0.15, 0.2) is 0 Å². The average Bonchev–Trinajstić information content (AvgIpc) is 3.04. The molecule has 1 aliphatic carbocycles. The lowest BCUT2D eigenvalue weighted by Crippen LogP contribution is -2.28. The highest BCUT2D eigenvalue weighted by atomic mass is 32.2. The first-order chi connectivity index (χ1) is 8.48. The predicted octanol–water partition coefficient (Wildman–Crippen LogP) is 0.997. The highest BCUT2D eigenvalue weighted by Crippen LogP contribution is 2.31. The molecule has 0 aliphatic heterocycles. The summed E-state index contributed by atoms with van der Waals surface area (Å²) in [7, 11) is -1.71. The van der Waals surface area contributed by atoms with Crippen molar-refractivity contribution in [3.05, 3.63) is 18.0 Å². The normalized spacial score (nSPS) is 16.4. The van der Waals surface area contributed by atoms with Gasteiger partial charge < -0.3 is 10.3 Å². The summed E-state index contributed by atoms with van der Waals surface area (Å²) in [6, 6.07) is 1.68. The van der Waals surface area contributed by atoms with Crippen LogP contribution >= 0.6 is 0 Å². The minimum absolute atomic E-state index is 0.355. The van der Waals surface area contributed by atoms with Crippen LogP contribution in [-0.4, -0.2) is 30.9 Å². The van der Waals surface area contributed by atoms with Crippen LogP contribution in [0.5, 0.6) is 0 Å². The Kier molecular flexibility index (Phi) is 3.79. The van der Waals surface area contributed by atoms with Crippen molar-refractivity contribution in [1.82, 2.24) is 8.87 Å². The molecule has 1 fully saturated rings. The molecular weight excluding hydrogens is 250 g/mol. The zero-order valence-electron chi connectivity index (χ0n) is 11.0. The first-order valence-corrected chi connectivity index (χ1v) is 7.78. The molecule has 18 heavy (non-hydrogen) atoms. The Bertz CT molecular complexity index is 496. The highest BCUT2D eigenvalue weighted by molar-refractivity contribution is 7.89. The SMILES string of the molecule is CCn1cc(S(=O)(=O)N(C)CC2CC2)cc1CN. The maximum absolute atomic E-state index is 12.4. The van der Waals surface area contributed by atoms with Crippen molar-refractivity contribution in [3.8, 4) is 0 Å². The van der Waals surface area contributed by atoms with Crippen molar-refractivity contribution in [2.24, 2.45) is 11.7 Å². The van der Waals surface area contributed by atoms with Crippen LogP contribution in [0.2, 0.25) is 0 Å². The number of hydrogen-bond acceptors (Lipinski definition) is 3. The molecule has 1 heterocycles. The first-order valence-electron chi connectivity index (χ1n) is 6.34. The van der Waals surface area contributed by atoms with Crippen LogP contribution in [0.25, 0.3) is 0 Å². The molecule has 1 aromatic heterocycles. The Hall–Kier alpha value is -0.850. The molecule has 1 saturated carbocycles. The minimum atomic E-state index is -3.36. The van der Waals surface area contributed by atoms with E-state index in [1.807, 2.05) is 11.5 Å². The second-order valence-corrected chi connectivity index (χ2v) is 6.93. The van der Waals surface area contributed by atoms with Gasteiger partial charge in [0.05, 0.1) is 0 Å². The molecule has 0 atom stereocenters. The smallest absolute Gasteiger partial charge is 0.244 e. The number of rotatable bonds is 6. The van der Waals surface area contributed by atoms with Gasteiger partial charge in [0, 0.05) is 38.6 Å². The average molecular weight is 271 g/mol. The van der Waals surface area contributed by atoms with E-state index < -0.39 is 10.0 Å². The fourth-order valence-electron chi connectivity index (χ4n) is 2.07. The lowest BCUT2D eigenvalue weighted by molar-refractivity contribution is 0.453. The summed E-state index contributed by atoms with van der Waals surface area (Å²) in [5.74, 6) is 0.548. The molecule has 102 valence electrons. The maximum Gasteiger partial charge on any atom is 0.244 e. The molecule has 2 rings (SSSR count). The molecular formula is C12H21N3O2S. The molecule has 0 radical (unpaired) electrons. The van der Waals surface area contributed by atoms with Crippen LogP contribution in [0.15, 0.2) is 17.2 Å². The third-order valence-electron chi connectivity index (χ3n) is 3.43. The highest BCUT2D eigenvalue weighted by Gasteiger charge is 2.29. The summed E-state index contributed by atoms with van der Waals surface area (Å²) >= 11 is 0. The van der Waals surface area contributed by atoms with E-state index in [1.165, 1.54) is 4.31 Å². The Morgan fingerprint density at radius 1 is 1.50 bits per heavy atom. The van der Waals surface area contributed by atoms with Crippen LogP contribution in [0.4, 0.5) is 0 Å². The van der Waals surface area contributed by atoms with Crippen LogP contribution in [0.1, 0.15) is 25.5 Å². The molecule has 0 saturated heterocycles. The largest absolute Gasteiger partial charge is 0.349 e. The molecule has 0 aromatic carbocycles. The fourth-order valence-corrected chi connectivity index (χ4v) is 3.39. The van der Waals surface area contributed by atoms with E-state index in [0.29, 0.717) is 23.9 Å². The van der Waals surface area contributed by atoms with Gasteiger partial charge in [-0.1, -0.05) is 0 Å². The van der Waals surface area contributed by atoms with E-state index >= 15 is 0 Å². The molecule has 0 amide bonds. The molecule has 1 aromatic rings. The summed E-state index contributed by atoms with van der Waals surface area (Å²) < 4.78 is 28.1. The number of nitrogens with two attached hydrogens (primary N) is 1. The van der Waals surface area contributed by atoms with E-state index in [0.717, 1.165) is 25.1 Å². The van der Waals surface area contributed by atoms with Gasteiger partial charge in [-0.25, -0.2) is 12.7 Å². The van der Waals surface area contributed by atoms with Crippen molar-refractivity contribution < 1.29 is 8.42 Å². The van der Waals surface area contributed by atoms with E-state index in [1.54, 1.807) is 19.3 Å². The summed E-state index contributed by atoms with van der Waals surface area (Å²) in [6.45, 7) is 3.69. The zero-order chi connectivity index (χ0) is 13.3. The molecule has 0 unspecified atom stereocenters. The molecule has 1 aliphatic rings. The van der Waals surface area contributed by atoms with Gasteiger partial charge >= 0.3 is 0 Å². The Morgan fingerprint density at radius 3 is 2.61 bits per heavy atom. The van der Waals surface area contributed by atoms with Gasteiger partial charge in [0.2, 0.25) is 10.0 Å². The Balaban J connectivity index is 2.25. The van der Waals surface area contributed by atoms with Gasteiger partial charge in [-0.15, -0.1) is 0 Å². The second kappa shape index (κ2) is 5.03. The van der Waals surface area contributed by atoms with E-state index in [4.69, 9.17) is 5.73 Å². The summed E-state index contributed by atoms with van der Waals surface area (Å²) in [6.07, 6.45) is 3.97. The third kappa shape index (κ3) is 2.60. The van der Waals surface area contributed by atoms with Crippen molar-refractivity contribution in [2.45, 2.75) is 37.8 Å². The third-order valence-corrected chi connectivity index (χ3v) is 5.22. The van der Waals surface area contributed by atoms with Crippen LogP contribution in [0.3, 0.4) is 0 Å². The number of aryl methyl sites for hydroxylation is 1. The number of aromatic nitrogens is 1. The lowest BCUT2D eigenvalue weighted by Gasteiger charge is -2.15. The van der Waals surface area contributed by atoms with Gasteiger partial charge in [-0.2, -0.15) is 0 Å². The quantitative estimate of drug-likeness (QED) is 0.839.